The Balaban J connectivity index is 2.69. The Morgan fingerprint density at radius 1 is 1.55 bits per heavy atom. The monoisotopic (exact) mass is 296 g/mol. The van der Waals surface area contributed by atoms with Crippen LogP contribution in [0.15, 0.2) is 12.1 Å². The number of nitrogens with one attached hydrogen (secondary N) is 1. The fraction of sp³-hybridized carbons (Fsp3) is 0.462. The number of ether oxygens (including phenoxy) is 1. The Morgan fingerprint density at radius 3 is 2.85 bits per heavy atom. The first-order chi connectivity index (χ1) is 9.43. The molecule has 7 heteroatoms. The maximum atomic E-state index is 11.7. The van der Waals surface area contributed by atoms with E-state index in [1.54, 1.807) is 25.1 Å². The van der Waals surface area contributed by atoms with Gasteiger partial charge in [-0.05, 0) is 19.1 Å². The van der Waals surface area contributed by atoms with E-state index < -0.39 is 0 Å². The summed E-state index contributed by atoms with van der Waals surface area (Å²) >= 11 is 4.96. The van der Waals surface area contributed by atoms with Crippen LogP contribution in [0.2, 0.25) is 0 Å². The molecule has 0 spiro atoms. The van der Waals surface area contributed by atoms with E-state index in [2.05, 4.69) is 10.3 Å². The van der Waals surface area contributed by atoms with Crippen LogP contribution in [0.25, 0.3) is 0 Å². The summed E-state index contributed by atoms with van der Waals surface area (Å²) in [5.74, 6) is 0.569. The number of nitrogens with two attached hydrogens (primary N) is 1. The molecule has 0 saturated carbocycles. The second-order valence-electron chi connectivity index (χ2n) is 4.42. The van der Waals surface area contributed by atoms with Crippen molar-refractivity contribution in [3.05, 3.63) is 23.4 Å². The SMILES string of the molecule is COCCNC(=O)CN(C)c1cc(C(N)=S)cc(C)n1. The second kappa shape index (κ2) is 7.76. The minimum atomic E-state index is -0.0928. The number of rotatable bonds is 7. The molecule has 1 rings (SSSR count). The molecule has 1 aromatic heterocycles. The molecule has 1 amide bonds. The number of anilines is 1. The lowest BCUT2D eigenvalue weighted by Gasteiger charge is -2.19. The van der Waals surface area contributed by atoms with Crippen LogP contribution in [-0.4, -0.2) is 49.7 Å². The van der Waals surface area contributed by atoms with Gasteiger partial charge in [0, 0.05) is 32.0 Å². The van der Waals surface area contributed by atoms with Crippen LogP contribution in [0.4, 0.5) is 5.82 Å². The first kappa shape index (κ1) is 16.3. The number of likely N-dealkylation sites (N-methyl/N-ethyl adjacent to an activating group) is 1. The topological polar surface area (TPSA) is 80.5 Å². The van der Waals surface area contributed by atoms with Gasteiger partial charge in [-0.1, -0.05) is 12.2 Å². The van der Waals surface area contributed by atoms with Gasteiger partial charge in [0.2, 0.25) is 5.91 Å². The lowest BCUT2D eigenvalue weighted by atomic mass is 10.2. The van der Waals surface area contributed by atoms with Gasteiger partial charge in [-0.3, -0.25) is 4.79 Å². The van der Waals surface area contributed by atoms with Crippen molar-refractivity contribution >= 4 is 28.9 Å². The molecule has 0 bridgehead atoms. The van der Waals surface area contributed by atoms with E-state index in [1.165, 1.54) is 0 Å². The predicted molar refractivity (Wildman–Crippen MR) is 83.0 cm³/mol. The normalized spacial score (nSPS) is 10.2. The van der Waals surface area contributed by atoms with E-state index in [4.69, 9.17) is 22.7 Å². The minimum Gasteiger partial charge on any atom is -0.389 e. The van der Waals surface area contributed by atoms with Crippen LogP contribution >= 0.6 is 12.2 Å². The van der Waals surface area contributed by atoms with Crippen molar-refractivity contribution in [2.75, 3.05) is 38.8 Å². The number of nitrogens with zero attached hydrogens (tertiary/aromatic N) is 2. The third kappa shape index (κ3) is 5.10. The summed E-state index contributed by atoms with van der Waals surface area (Å²) in [4.78, 5) is 18.2. The number of aromatic nitrogens is 1. The molecule has 0 saturated heterocycles. The summed E-state index contributed by atoms with van der Waals surface area (Å²) < 4.78 is 4.87. The average molecular weight is 296 g/mol. The lowest BCUT2D eigenvalue weighted by Crippen LogP contribution is -2.37. The molecule has 6 nitrogen and oxygen atoms in total. The zero-order valence-corrected chi connectivity index (χ0v) is 12.8. The van der Waals surface area contributed by atoms with Crippen LogP contribution < -0.4 is 16.0 Å². The van der Waals surface area contributed by atoms with Crippen molar-refractivity contribution in [1.29, 1.82) is 0 Å². The molecular formula is C13H20N4O2S. The summed E-state index contributed by atoms with van der Waals surface area (Å²) in [5.41, 5.74) is 7.17. The number of amides is 1. The average Bonchev–Trinajstić information content (AvgIpc) is 2.38. The third-order valence-corrected chi connectivity index (χ3v) is 2.86. The Bertz CT molecular complexity index is 493. The van der Waals surface area contributed by atoms with Crippen molar-refractivity contribution in [2.24, 2.45) is 5.73 Å². The molecule has 1 aromatic rings. The number of carbonyl (C=O) groups excluding carboxylic acids is 1. The van der Waals surface area contributed by atoms with Crippen molar-refractivity contribution in [2.45, 2.75) is 6.92 Å². The second-order valence-corrected chi connectivity index (χ2v) is 4.86. The van der Waals surface area contributed by atoms with E-state index in [0.717, 1.165) is 11.3 Å². The van der Waals surface area contributed by atoms with E-state index in [1.807, 2.05) is 13.0 Å². The number of thiocarbonyl (C=S) groups is 1. The summed E-state index contributed by atoms with van der Waals surface area (Å²) in [6.45, 7) is 3.04. The molecular weight excluding hydrogens is 276 g/mol. The number of carbonyl (C=O) groups is 1. The predicted octanol–water partition coefficient (Wildman–Crippen LogP) is 0.223. The van der Waals surface area contributed by atoms with Crippen molar-refractivity contribution in [3.8, 4) is 0 Å². The molecule has 0 aliphatic rings. The van der Waals surface area contributed by atoms with Crippen LogP contribution in [-0.2, 0) is 9.53 Å². The number of pyridine rings is 1. The van der Waals surface area contributed by atoms with E-state index in [-0.39, 0.29) is 12.5 Å². The fourth-order valence-corrected chi connectivity index (χ4v) is 1.75. The Kier molecular flexibility index (Phi) is 6.33. The molecule has 1 heterocycles. The number of hydrogen-bond donors (Lipinski definition) is 2. The molecule has 20 heavy (non-hydrogen) atoms. The van der Waals surface area contributed by atoms with E-state index in [0.29, 0.717) is 24.0 Å². The highest BCUT2D eigenvalue weighted by Gasteiger charge is 2.10. The van der Waals surface area contributed by atoms with Crippen LogP contribution in [0.3, 0.4) is 0 Å². The highest BCUT2D eigenvalue weighted by molar-refractivity contribution is 7.80. The Morgan fingerprint density at radius 2 is 2.25 bits per heavy atom. The first-order valence-electron chi connectivity index (χ1n) is 6.19. The maximum absolute atomic E-state index is 11.7. The molecule has 0 aromatic carbocycles. The van der Waals surface area contributed by atoms with E-state index in [9.17, 15) is 4.79 Å². The standard InChI is InChI=1S/C13H20N4O2S/c1-9-6-10(13(14)20)7-11(16-9)17(2)8-12(18)15-4-5-19-3/h6-7H,4-5,8H2,1-3H3,(H2,14,20)(H,15,18). The summed E-state index contributed by atoms with van der Waals surface area (Å²) in [6, 6.07) is 3.59. The molecule has 0 atom stereocenters. The van der Waals surface area contributed by atoms with Gasteiger partial charge in [0.1, 0.15) is 10.8 Å². The first-order valence-corrected chi connectivity index (χ1v) is 6.60. The van der Waals surface area contributed by atoms with Crippen molar-refractivity contribution in [1.82, 2.24) is 10.3 Å². The van der Waals surface area contributed by atoms with Crippen LogP contribution in [0.1, 0.15) is 11.3 Å². The van der Waals surface area contributed by atoms with Gasteiger partial charge in [-0.2, -0.15) is 0 Å². The van der Waals surface area contributed by atoms with E-state index >= 15 is 0 Å². The Labute approximate surface area is 124 Å². The third-order valence-electron chi connectivity index (χ3n) is 2.62. The van der Waals surface area contributed by atoms with Crippen molar-refractivity contribution < 1.29 is 9.53 Å². The molecule has 0 unspecified atom stereocenters. The molecule has 3 N–H and O–H groups in total. The van der Waals surface area contributed by atoms with Gasteiger partial charge in [0.05, 0.1) is 13.2 Å². The van der Waals surface area contributed by atoms with Gasteiger partial charge >= 0.3 is 0 Å². The fourth-order valence-electron chi connectivity index (χ4n) is 1.63. The Hall–Kier alpha value is -1.73. The maximum Gasteiger partial charge on any atom is 0.239 e. The summed E-state index contributed by atoms with van der Waals surface area (Å²) in [5, 5.41) is 2.75. The highest BCUT2D eigenvalue weighted by Crippen LogP contribution is 2.13. The van der Waals surface area contributed by atoms with Crippen LogP contribution in [0, 0.1) is 6.92 Å². The number of aryl methyl sites for hydroxylation is 1. The van der Waals surface area contributed by atoms with Gasteiger partial charge in [-0.15, -0.1) is 0 Å². The zero-order valence-electron chi connectivity index (χ0n) is 12.0. The largest absolute Gasteiger partial charge is 0.389 e. The quantitative estimate of drug-likeness (QED) is 0.553. The molecule has 0 radical (unpaired) electrons. The summed E-state index contributed by atoms with van der Waals surface area (Å²) in [6.07, 6.45) is 0. The van der Waals surface area contributed by atoms with Gasteiger partial charge in [-0.25, -0.2) is 4.98 Å². The molecule has 110 valence electrons. The van der Waals surface area contributed by atoms with Gasteiger partial charge in [0.25, 0.3) is 0 Å². The zero-order chi connectivity index (χ0) is 15.1. The molecule has 0 aliphatic carbocycles. The minimum absolute atomic E-state index is 0.0928. The smallest absolute Gasteiger partial charge is 0.239 e. The van der Waals surface area contributed by atoms with Crippen LogP contribution in [0.5, 0.6) is 0 Å². The lowest BCUT2D eigenvalue weighted by molar-refractivity contribution is -0.119. The van der Waals surface area contributed by atoms with Gasteiger partial charge < -0.3 is 20.7 Å². The molecule has 0 aliphatic heterocycles. The summed E-state index contributed by atoms with van der Waals surface area (Å²) in [7, 11) is 3.38. The highest BCUT2D eigenvalue weighted by atomic mass is 32.1. The van der Waals surface area contributed by atoms with Gasteiger partial charge in [0.15, 0.2) is 0 Å². The van der Waals surface area contributed by atoms with Crippen molar-refractivity contribution in [3.63, 3.8) is 0 Å². The number of methoxy groups -OCH3 is 1. The number of hydrogen-bond acceptors (Lipinski definition) is 5. The molecule has 0 fully saturated rings.